The Bertz CT molecular complexity index is 683. The molecule has 0 fully saturated rings. The summed E-state index contributed by atoms with van der Waals surface area (Å²) in [5, 5.41) is 3.98. The average molecular weight is 342 g/mol. The van der Waals surface area contributed by atoms with Crippen LogP contribution in [0.3, 0.4) is 0 Å². The number of likely N-dealkylation sites (N-methyl/N-ethyl adjacent to an activating group) is 1. The second kappa shape index (κ2) is 7.32. The van der Waals surface area contributed by atoms with E-state index in [1.54, 1.807) is 11.3 Å². The third-order valence-electron chi connectivity index (χ3n) is 3.32. The second-order valence-electron chi connectivity index (χ2n) is 5.27. The third kappa shape index (κ3) is 4.88. The fourth-order valence-electron chi connectivity index (χ4n) is 2.12. The van der Waals surface area contributed by atoms with Crippen molar-refractivity contribution in [1.82, 2.24) is 9.62 Å². The lowest BCUT2D eigenvalue weighted by molar-refractivity contribution is 0.300. The Morgan fingerprint density at radius 1 is 1.23 bits per heavy atom. The Morgan fingerprint density at radius 3 is 2.45 bits per heavy atom. The number of halogens is 1. The van der Waals surface area contributed by atoms with Crippen LogP contribution < -0.4 is 4.72 Å². The van der Waals surface area contributed by atoms with E-state index in [0.717, 1.165) is 5.56 Å². The maximum Gasteiger partial charge on any atom is 0.215 e. The van der Waals surface area contributed by atoms with E-state index in [2.05, 4.69) is 4.72 Å². The summed E-state index contributed by atoms with van der Waals surface area (Å²) < 4.78 is 39.8. The summed E-state index contributed by atoms with van der Waals surface area (Å²) in [4.78, 5) is 1.97. The molecule has 1 heterocycles. The molecule has 4 nitrogen and oxygen atoms in total. The number of sulfonamides is 1. The van der Waals surface area contributed by atoms with Gasteiger partial charge in [0.2, 0.25) is 10.0 Å². The molecule has 0 aliphatic carbocycles. The molecule has 1 aromatic heterocycles. The highest BCUT2D eigenvalue weighted by atomic mass is 32.2. The summed E-state index contributed by atoms with van der Waals surface area (Å²) in [6.45, 7) is 0.299. The molecule has 1 N–H and O–H groups in total. The van der Waals surface area contributed by atoms with E-state index >= 15 is 0 Å². The molecule has 0 saturated carbocycles. The smallest absolute Gasteiger partial charge is 0.215 e. The molecule has 0 amide bonds. The number of rotatable bonds is 7. The van der Waals surface area contributed by atoms with Gasteiger partial charge in [-0.1, -0.05) is 12.1 Å². The van der Waals surface area contributed by atoms with E-state index < -0.39 is 10.0 Å². The minimum absolute atomic E-state index is 0.0192. The Morgan fingerprint density at radius 2 is 1.91 bits per heavy atom. The van der Waals surface area contributed by atoms with Gasteiger partial charge in [-0.25, -0.2) is 17.5 Å². The van der Waals surface area contributed by atoms with Crippen LogP contribution in [0, 0.1) is 5.82 Å². The summed E-state index contributed by atoms with van der Waals surface area (Å²) in [6, 6.07) is 7.46. The topological polar surface area (TPSA) is 49.4 Å². The molecule has 1 aromatic carbocycles. The van der Waals surface area contributed by atoms with E-state index in [1.165, 1.54) is 24.3 Å². The first-order valence-electron chi connectivity index (χ1n) is 6.78. The van der Waals surface area contributed by atoms with Crippen molar-refractivity contribution in [3.63, 3.8) is 0 Å². The zero-order chi connectivity index (χ0) is 16.2. The largest absolute Gasteiger partial charge is 0.301 e. The molecule has 0 saturated heterocycles. The van der Waals surface area contributed by atoms with Gasteiger partial charge in [0, 0.05) is 12.6 Å². The van der Waals surface area contributed by atoms with Gasteiger partial charge in [-0.2, -0.15) is 11.3 Å². The molecule has 120 valence electrons. The molecule has 0 bridgehead atoms. The van der Waals surface area contributed by atoms with Crippen LogP contribution in [0.25, 0.3) is 0 Å². The fourth-order valence-corrected chi connectivity index (χ4v) is 3.97. The number of benzene rings is 1. The summed E-state index contributed by atoms with van der Waals surface area (Å²) in [7, 11) is 0.364. The minimum atomic E-state index is -3.46. The predicted octanol–water partition coefficient (Wildman–Crippen LogP) is 2.61. The van der Waals surface area contributed by atoms with Gasteiger partial charge < -0.3 is 4.90 Å². The Balaban J connectivity index is 2.00. The molecule has 2 aromatic rings. The van der Waals surface area contributed by atoms with Gasteiger partial charge in [0.25, 0.3) is 0 Å². The zero-order valence-electron chi connectivity index (χ0n) is 12.5. The van der Waals surface area contributed by atoms with E-state index in [4.69, 9.17) is 0 Å². The maximum atomic E-state index is 12.8. The van der Waals surface area contributed by atoms with Crippen LogP contribution in [0.2, 0.25) is 0 Å². The predicted molar refractivity (Wildman–Crippen MR) is 87.8 cm³/mol. The highest BCUT2D eigenvalue weighted by molar-refractivity contribution is 7.88. The van der Waals surface area contributed by atoms with Gasteiger partial charge in [-0.15, -0.1) is 0 Å². The van der Waals surface area contributed by atoms with Crippen LogP contribution in [0.15, 0.2) is 41.1 Å². The molecule has 0 unspecified atom stereocenters. The van der Waals surface area contributed by atoms with Crippen molar-refractivity contribution in [2.24, 2.45) is 0 Å². The van der Waals surface area contributed by atoms with Crippen LogP contribution in [0.4, 0.5) is 4.39 Å². The van der Waals surface area contributed by atoms with Crippen molar-refractivity contribution in [1.29, 1.82) is 0 Å². The lowest BCUT2D eigenvalue weighted by Gasteiger charge is -2.24. The first-order valence-corrected chi connectivity index (χ1v) is 9.37. The van der Waals surface area contributed by atoms with Gasteiger partial charge in [0.15, 0.2) is 0 Å². The molecule has 0 spiro atoms. The van der Waals surface area contributed by atoms with E-state index in [1.807, 2.05) is 35.8 Å². The summed E-state index contributed by atoms with van der Waals surface area (Å²) >= 11 is 1.58. The number of nitrogens with zero attached hydrogens (tertiary/aromatic N) is 1. The van der Waals surface area contributed by atoms with Crippen LogP contribution in [0.1, 0.15) is 17.2 Å². The van der Waals surface area contributed by atoms with Gasteiger partial charge in [0.1, 0.15) is 5.82 Å². The highest BCUT2D eigenvalue weighted by Gasteiger charge is 2.18. The van der Waals surface area contributed by atoms with Crippen molar-refractivity contribution in [3.05, 3.63) is 58.0 Å². The van der Waals surface area contributed by atoms with Crippen molar-refractivity contribution in [2.45, 2.75) is 11.8 Å². The lowest BCUT2D eigenvalue weighted by atomic mass is 10.1. The molecule has 7 heteroatoms. The molecule has 0 aliphatic heterocycles. The van der Waals surface area contributed by atoms with Crippen molar-refractivity contribution in [3.8, 4) is 0 Å². The van der Waals surface area contributed by atoms with Gasteiger partial charge >= 0.3 is 0 Å². The van der Waals surface area contributed by atoms with Crippen LogP contribution in [0.5, 0.6) is 0 Å². The SMILES string of the molecule is CN(C)[C@@H](CNS(=O)(=O)Cc1ccc(F)cc1)c1ccsc1. The molecular formula is C15H19FN2O2S2. The summed E-state index contributed by atoms with van der Waals surface area (Å²) in [5.41, 5.74) is 1.64. The Hall–Kier alpha value is -1.28. The van der Waals surface area contributed by atoms with Gasteiger partial charge in [0.05, 0.1) is 5.75 Å². The first kappa shape index (κ1) is 17.1. The molecule has 22 heavy (non-hydrogen) atoms. The summed E-state index contributed by atoms with van der Waals surface area (Å²) in [5.74, 6) is -0.531. The van der Waals surface area contributed by atoms with Crippen molar-refractivity contribution < 1.29 is 12.8 Å². The highest BCUT2D eigenvalue weighted by Crippen LogP contribution is 2.20. The van der Waals surface area contributed by atoms with E-state index in [9.17, 15) is 12.8 Å². The quantitative estimate of drug-likeness (QED) is 0.841. The molecule has 0 radical (unpaired) electrons. The number of hydrogen-bond acceptors (Lipinski definition) is 4. The number of nitrogens with one attached hydrogen (secondary N) is 1. The molecule has 0 aliphatic rings. The van der Waals surface area contributed by atoms with Crippen LogP contribution in [-0.4, -0.2) is 34.0 Å². The van der Waals surface area contributed by atoms with Crippen LogP contribution in [-0.2, 0) is 15.8 Å². The third-order valence-corrected chi connectivity index (χ3v) is 5.34. The van der Waals surface area contributed by atoms with Crippen molar-refractivity contribution in [2.75, 3.05) is 20.6 Å². The first-order chi connectivity index (χ1) is 10.4. The fraction of sp³-hybridized carbons (Fsp3) is 0.333. The van der Waals surface area contributed by atoms with Gasteiger partial charge in [-0.05, 0) is 54.2 Å². The van der Waals surface area contributed by atoms with Gasteiger partial charge in [-0.3, -0.25) is 0 Å². The molecular weight excluding hydrogens is 323 g/mol. The molecule has 1 atom stereocenters. The summed E-state index contributed by atoms with van der Waals surface area (Å²) in [6.07, 6.45) is 0. The second-order valence-corrected chi connectivity index (χ2v) is 7.86. The average Bonchev–Trinajstić information content (AvgIpc) is 2.95. The van der Waals surface area contributed by atoms with Crippen LogP contribution >= 0.6 is 11.3 Å². The van der Waals surface area contributed by atoms with E-state index in [-0.39, 0.29) is 17.6 Å². The minimum Gasteiger partial charge on any atom is -0.301 e. The Kier molecular flexibility index (Phi) is 5.69. The zero-order valence-corrected chi connectivity index (χ0v) is 14.1. The normalized spacial score (nSPS) is 13.5. The molecule has 2 rings (SSSR count). The van der Waals surface area contributed by atoms with E-state index in [0.29, 0.717) is 12.1 Å². The lowest BCUT2D eigenvalue weighted by Crippen LogP contribution is -2.35. The number of hydrogen-bond donors (Lipinski definition) is 1. The number of thiophene rings is 1. The Labute approximate surface area is 134 Å². The monoisotopic (exact) mass is 342 g/mol. The standard InChI is InChI=1S/C15H19FN2O2S2/c1-18(2)15(13-7-8-21-10-13)9-17-22(19,20)11-12-3-5-14(16)6-4-12/h3-8,10,15,17H,9,11H2,1-2H3/t15-/m0/s1. The van der Waals surface area contributed by atoms with Crippen molar-refractivity contribution >= 4 is 21.4 Å². The maximum absolute atomic E-state index is 12.8.